The van der Waals surface area contributed by atoms with Crippen LogP contribution in [-0.2, 0) is 6.42 Å². The van der Waals surface area contributed by atoms with Crippen LogP contribution in [0.25, 0.3) is 0 Å². The Morgan fingerprint density at radius 2 is 2.05 bits per heavy atom. The van der Waals surface area contributed by atoms with Gasteiger partial charge in [0.15, 0.2) is 0 Å². The third kappa shape index (κ3) is 5.85. The molecule has 1 rings (SSSR count). The molecule has 5 heteroatoms. The first-order valence-electron chi connectivity index (χ1n) is 6.68. The second-order valence-electron chi connectivity index (χ2n) is 4.38. The fourth-order valence-corrected chi connectivity index (χ4v) is 2.09. The normalized spacial score (nSPS) is 10.2. The Kier molecular flexibility index (Phi) is 8.26. The first kappa shape index (κ1) is 17.5. The minimum absolute atomic E-state index is 0.516. The average Bonchev–Trinajstić information content (AvgIpc) is 2.40. The molecule has 0 spiro atoms. The number of nitrogens with two attached hydrogens (primary N) is 1. The van der Waals surface area contributed by atoms with Gasteiger partial charge in [-0.2, -0.15) is 0 Å². The highest BCUT2D eigenvalue weighted by molar-refractivity contribution is 9.28. The molecule has 3 nitrogen and oxygen atoms in total. The topological polar surface area (TPSA) is 44.5 Å². The summed E-state index contributed by atoms with van der Waals surface area (Å²) in [5.74, 6) is 1.83. The van der Waals surface area contributed by atoms with Gasteiger partial charge in [0.05, 0.1) is 10.00 Å². The maximum atomic E-state index is 5.83. The molecule has 0 fully saturated rings. The van der Waals surface area contributed by atoms with Crippen molar-refractivity contribution in [1.29, 1.82) is 0 Å². The second-order valence-corrected chi connectivity index (χ2v) is 7.15. The lowest BCUT2D eigenvalue weighted by Crippen LogP contribution is -2.08. The molecule has 0 aromatic heterocycles. The smallest absolute Gasteiger partial charge is 0.125 e. The predicted octanol–water partition coefficient (Wildman–Crippen LogP) is 4.30. The van der Waals surface area contributed by atoms with E-state index in [2.05, 4.69) is 38.8 Å². The van der Waals surface area contributed by atoms with Gasteiger partial charge in [-0.05, 0) is 87.5 Å². The number of halogens is 2. The maximum absolute atomic E-state index is 5.83. The van der Waals surface area contributed by atoms with Crippen LogP contribution in [0.2, 0.25) is 0 Å². The number of rotatable bonds is 8. The summed E-state index contributed by atoms with van der Waals surface area (Å²) in [4.78, 5) is 0. The van der Waals surface area contributed by atoms with E-state index in [0.717, 1.165) is 33.3 Å². The summed E-state index contributed by atoms with van der Waals surface area (Å²) in [7, 11) is 0. The van der Waals surface area contributed by atoms with E-state index in [9.17, 15) is 0 Å². The number of hydrogen-bond acceptors (Lipinski definition) is 3. The van der Waals surface area contributed by atoms with Crippen molar-refractivity contribution < 1.29 is 9.47 Å². The van der Waals surface area contributed by atoms with E-state index in [1.54, 1.807) is 0 Å². The Morgan fingerprint density at radius 3 is 2.65 bits per heavy atom. The fraction of sp³-hybridized carbons (Fsp3) is 0.467. The standard InChI is InChI=1S/C15H21Br2NO2/c1-3-12-10-13(19-8-5-14(16)17)9-11(2)15(12)20-7-4-6-18/h5,9-10H,3-4,6-8,18H2,1-2H3. The molecule has 0 aliphatic carbocycles. The van der Waals surface area contributed by atoms with Gasteiger partial charge in [0.2, 0.25) is 0 Å². The molecule has 0 bridgehead atoms. The zero-order valence-electron chi connectivity index (χ0n) is 11.9. The fourth-order valence-electron chi connectivity index (χ4n) is 1.82. The number of aryl methyl sites for hydroxylation is 2. The zero-order valence-corrected chi connectivity index (χ0v) is 15.1. The van der Waals surface area contributed by atoms with E-state index < -0.39 is 0 Å². The van der Waals surface area contributed by atoms with Gasteiger partial charge >= 0.3 is 0 Å². The predicted molar refractivity (Wildman–Crippen MR) is 91.2 cm³/mol. The van der Waals surface area contributed by atoms with Gasteiger partial charge in [-0.3, -0.25) is 0 Å². The molecule has 0 amide bonds. The molecule has 0 radical (unpaired) electrons. The first-order valence-corrected chi connectivity index (χ1v) is 8.27. The van der Waals surface area contributed by atoms with E-state index in [1.165, 1.54) is 5.56 Å². The minimum Gasteiger partial charge on any atom is -0.493 e. The van der Waals surface area contributed by atoms with E-state index >= 15 is 0 Å². The van der Waals surface area contributed by atoms with Crippen LogP contribution in [0, 0.1) is 6.92 Å². The molecule has 0 saturated carbocycles. The molecule has 1 aromatic carbocycles. The summed E-state index contributed by atoms with van der Waals surface area (Å²) in [6.07, 6.45) is 3.69. The van der Waals surface area contributed by atoms with Gasteiger partial charge in [0, 0.05) is 0 Å². The summed E-state index contributed by atoms with van der Waals surface area (Å²) in [5, 5.41) is 0. The Hall–Kier alpha value is -0.520. The van der Waals surface area contributed by atoms with Crippen LogP contribution in [0.1, 0.15) is 24.5 Å². The lowest BCUT2D eigenvalue weighted by Gasteiger charge is -2.15. The molecule has 0 aliphatic rings. The van der Waals surface area contributed by atoms with Crippen molar-refractivity contribution >= 4 is 31.9 Å². The van der Waals surface area contributed by atoms with Gasteiger partial charge in [0.25, 0.3) is 0 Å². The molecule has 20 heavy (non-hydrogen) atoms. The molecular formula is C15H21Br2NO2. The summed E-state index contributed by atoms with van der Waals surface area (Å²) in [6, 6.07) is 4.05. The third-order valence-corrected chi connectivity index (χ3v) is 3.44. The molecule has 2 N–H and O–H groups in total. The van der Waals surface area contributed by atoms with Crippen molar-refractivity contribution in [3.8, 4) is 11.5 Å². The van der Waals surface area contributed by atoms with Crippen LogP contribution in [0.5, 0.6) is 11.5 Å². The quantitative estimate of drug-likeness (QED) is 0.654. The lowest BCUT2D eigenvalue weighted by molar-refractivity contribution is 0.306. The van der Waals surface area contributed by atoms with Crippen molar-refractivity contribution in [3.63, 3.8) is 0 Å². The minimum atomic E-state index is 0.516. The van der Waals surface area contributed by atoms with Crippen LogP contribution in [0.4, 0.5) is 0 Å². The van der Waals surface area contributed by atoms with E-state index in [4.69, 9.17) is 15.2 Å². The second kappa shape index (κ2) is 9.42. The highest BCUT2D eigenvalue weighted by Crippen LogP contribution is 2.30. The van der Waals surface area contributed by atoms with Gasteiger partial charge in [-0.15, -0.1) is 0 Å². The van der Waals surface area contributed by atoms with E-state index in [0.29, 0.717) is 19.8 Å². The summed E-state index contributed by atoms with van der Waals surface area (Å²) in [6.45, 7) is 5.98. The zero-order chi connectivity index (χ0) is 15.0. The summed E-state index contributed by atoms with van der Waals surface area (Å²) in [5.41, 5.74) is 7.75. The largest absolute Gasteiger partial charge is 0.493 e. The SMILES string of the molecule is CCc1cc(OCC=C(Br)Br)cc(C)c1OCCCN. The van der Waals surface area contributed by atoms with Crippen molar-refractivity contribution in [2.24, 2.45) is 5.73 Å². The van der Waals surface area contributed by atoms with Crippen molar-refractivity contribution in [1.82, 2.24) is 0 Å². The Balaban J connectivity index is 2.81. The highest BCUT2D eigenvalue weighted by Gasteiger charge is 2.09. The molecule has 112 valence electrons. The number of hydrogen-bond donors (Lipinski definition) is 1. The van der Waals surface area contributed by atoms with E-state index in [-0.39, 0.29) is 0 Å². The van der Waals surface area contributed by atoms with Crippen LogP contribution in [0.3, 0.4) is 0 Å². The Labute approximate surface area is 137 Å². The Morgan fingerprint density at radius 1 is 1.30 bits per heavy atom. The molecule has 0 aliphatic heterocycles. The van der Waals surface area contributed by atoms with Gasteiger partial charge in [-0.1, -0.05) is 6.92 Å². The summed E-state index contributed by atoms with van der Waals surface area (Å²) < 4.78 is 12.4. The van der Waals surface area contributed by atoms with Crippen molar-refractivity contribution in [3.05, 3.63) is 32.7 Å². The van der Waals surface area contributed by atoms with Crippen LogP contribution < -0.4 is 15.2 Å². The van der Waals surface area contributed by atoms with Crippen molar-refractivity contribution in [2.45, 2.75) is 26.7 Å². The number of ether oxygens (including phenoxy) is 2. The monoisotopic (exact) mass is 405 g/mol. The maximum Gasteiger partial charge on any atom is 0.125 e. The van der Waals surface area contributed by atoms with Crippen molar-refractivity contribution in [2.75, 3.05) is 19.8 Å². The third-order valence-electron chi connectivity index (χ3n) is 2.79. The van der Waals surface area contributed by atoms with Gasteiger partial charge in [-0.25, -0.2) is 0 Å². The average molecular weight is 407 g/mol. The molecule has 0 atom stereocenters. The van der Waals surface area contributed by atoms with Crippen LogP contribution >= 0.6 is 31.9 Å². The lowest BCUT2D eigenvalue weighted by atomic mass is 10.1. The van der Waals surface area contributed by atoms with Gasteiger partial charge < -0.3 is 15.2 Å². The molecule has 0 saturated heterocycles. The van der Waals surface area contributed by atoms with E-state index in [1.807, 2.05) is 25.1 Å². The molecule has 0 heterocycles. The Bertz CT molecular complexity index is 457. The molecule has 1 aromatic rings. The summed E-state index contributed by atoms with van der Waals surface area (Å²) >= 11 is 6.61. The molecular weight excluding hydrogens is 386 g/mol. The molecule has 0 unspecified atom stereocenters. The number of benzene rings is 1. The highest BCUT2D eigenvalue weighted by atomic mass is 79.9. The van der Waals surface area contributed by atoms with Crippen LogP contribution in [-0.4, -0.2) is 19.8 Å². The first-order chi connectivity index (χ1) is 9.58. The van der Waals surface area contributed by atoms with Gasteiger partial charge in [0.1, 0.15) is 18.1 Å². The van der Waals surface area contributed by atoms with Crippen LogP contribution in [0.15, 0.2) is 21.6 Å².